The van der Waals surface area contributed by atoms with Crippen molar-refractivity contribution in [1.29, 1.82) is 0 Å². The van der Waals surface area contributed by atoms with Crippen LogP contribution in [0.1, 0.15) is 49.9 Å². The monoisotopic (exact) mass is 714 g/mol. The third-order valence-electron chi connectivity index (χ3n) is 7.51. The summed E-state index contributed by atoms with van der Waals surface area (Å²) in [6, 6.07) is 26.0. The van der Waals surface area contributed by atoms with Crippen LogP contribution in [0.4, 0.5) is 11.5 Å². The van der Waals surface area contributed by atoms with Crippen LogP contribution >= 0.6 is 0 Å². The summed E-state index contributed by atoms with van der Waals surface area (Å²) >= 11 is 2.09. The molecule has 5 aromatic rings. The van der Waals surface area contributed by atoms with Gasteiger partial charge in [0.15, 0.2) is 0 Å². The summed E-state index contributed by atoms with van der Waals surface area (Å²) < 4.78 is 34.8. The van der Waals surface area contributed by atoms with Gasteiger partial charge in [-0.15, -0.1) is 0 Å². The number of anilines is 2. The van der Waals surface area contributed by atoms with Crippen molar-refractivity contribution in [3.63, 3.8) is 0 Å². The molecule has 1 aliphatic rings. The quantitative estimate of drug-likeness (QED) is 0.188. The molecule has 6 heteroatoms. The van der Waals surface area contributed by atoms with E-state index in [1.807, 2.05) is 65.4 Å². The van der Waals surface area contributed by atoms with Crippen LogP contribution in [0.25, 0.3) is 16.7 Å². The fourth-order valence-electron chi connectivity index (χ4n) is 5.52. The molecule has 0 aliphatic carbocycles. The summed E-state index contributed by atoms with van der Waals surface area (Å²) in [7, 11) is 0. The SMILES string of the molecule is [2H]C([2H])([2H])n1[c](=[Pt])n(-c2cccc(Oc3ccc4c(c3)N(c3cc(C(C)(C)C)ccn3)CC(C)(C)C4)c2)c2ccccc21. The van der Waals surface area contributed by atoms with Gasteiger partial charge in [0.2, 0.25) is 0 Å². The molecule has 0 radical (unpaired) electrons. The van der Waals surface area contributed by atoms with E-state index in [0.29, 0.717) is 15.1 Å². The Morgan fingerprint density at radius 3 is 2.48 bits per heavy atom. The number of nitrogens with zero attached hydrogens (tertiary/aromatic N) is 4. The first-order valence-corrected chi connectivity index (χ1v) is 14.7. The third kappa shape index (κ3) is 4.97. The molecule has 0 saturated heterocycles. The zero-order valence-electron chi connectivity index (χ0n) is 26.5. The van der Waals surface area contributed by atoms with Crippen molar-refractivity contribution in [2.45, 2.75) is 46.5 Å². The average molecular weight is 715 g/mol. The molecule has 0 bridgehead atoms. The first-order chi connectivity index (χ1) is 20.2. The summed E-state index contributed by atoms with van der Waals surface area (Å²) in [4.78, 5) is 7.11. The van der Waals surface area contributed by atoms with Crippen LogP contribution in [0, 0.1) is 9.22 Å². The topological polar surface area (TPSA) is 35.2 Å². The Bertz CT molecular complexity index is 1900. The number of hydrogen-bond donors (Lipinski definition) is 0. The molecule has 0 atom stereocenters. The maximum absolute atomic E-state index is 8.13. The maximum atomic E-state index is 8.13. The summed E-state index contributed by atoms with van der Waals surface area (Å²) in [5.41, 5.74) is 6.03. The van der Waals surface area contributed by atoms with Crippen LogP contribution in [0.2, 0.25) is 0 Å². The van der Waals surface area contributed by atoms with Gasteiger partial charge in [-0.3, -0.25) is 0 Å². The number of imidazole rings is 1. The minimum absolute atomic E-state index is 0.0213. The fraction of sp³-hybridized carbons (Fsp3) is 0.294. The molecule has 40 heavy (non-hydrogen) atoms. The molecular weight excluding hydrogens is 675 g/mol. The summed E-state index contributed by atoms with van der Waals surface area (Å²) in [5.74, 6) is 2.34. The van der Waals surface area contributed by atoms with Crippen molar-refractivity contribution in [3.05, 3.63) is 100.0 Å². The fourth-order valence-corrected chi connectivity index (χ4v) is 6.36. The van der Waals surface area contributed by atoms with Crippen LogP contribution in [0.15, 0.2) is 85.1 Å². The van der Waals surface area contributed by atoms with Gasteiger partial charge in [0.25, 0.3) is 0 Å². The Kier molecular flexibility index (Phi) is 5.76. The van der Waals surface area contributed by atoms with E-state index >= 15 is 0 Å². The normalized spacial score (nSPS) is 16.3. The Morgan fingerprint density at radius 2 is 1.70 bits per heavy atom. The molecule has 6 rings (SSSR count). The van der Waals surface area contributed by atoms with E-state index in [-0.39, 0.29) is 10.8 Å². The van der Waals surface area contributed by atoms with Crippen molar-refractivity contribution in [3.8, 4) is 17.2 Å². The zero-order chi connectivity index (χ0) is 30.7. The predicted molar refractivity (Wildman–Crippen MR) is 159 cm³/mol. The van der Waals surface area contributed by atoms with E-state index in [4.69, 9.17) is 13.8 Å². The molecule has 1 aliphatic heterocycles. The zero-order valence-corrected chi connectivity index (χ0v) is 25.8. The number of aromatic nitrogens is 3. The first kappa shape index (κ1) is 23.3. The van der Waals surface area contributed by atoms with Gasteiger partial charge in [-0.2, -0.15) is 0 Å². The van der Waals surface area contributed by atoms with Crippen LogP contribution in [-0.2, 0) is 38.2 Å². The molecule has 0 saturated carbocycles. The van der Waals surface area contributed by atoms with Crippen LogP contribution < -0.4 is 9.64 Å². The van der Waals surface area contributed by atoms with Crippen LogP contribution in [0.5, 0.6) is 11.5 Å². The Hall–Kier alpha value is -3.43. The van der Waals surface area contributed by atoms with Gasteiger partial charge >= 0.3 is 194 Å². The van der Waals surface area contributed by atoms with E-state index in [0.717, 1.165) is 41.4 Å². The van der Waals surface area contributed by atoms with Crippen molar-refractivity contribution < 1.29 is 28.2 Å². The molecule has 5 nitrogen and oxygen atoms in total. The van der Waals surface area contributed by atoms with Crippen molar-refractivity contribution in [2.75, 3.05) is 11.4 Å². The molecule has 3 heterocycles. The van der Waals surface area contributed by atoms with Crippen molar-refractivity contribution in [2.24, 2.45) is 12.4 Å². The van der Waals surface area contributed by atoms with Gasteiger partial charge in [-0.25, -0.2) is 0 Å². The number of ether oxygens (including phenoxy) is 1. The van der Waals surface area contributed by atoms with Gasteiger partial charge in [-0.1, -0.05) is 34.6 Å². The van der Waals surface area contributed by atoms with E-state index in [9.17, 15) is 0 Å². The van der Waals surface area contributed by atoms with E-state index < -0.39 is 6.98 Å². The van der Waals surface area contributed by atoms with Gasteiger partial charge in [0.1, 0.15) is 0 Å². The number of para-hydroxylation sites is 2. The minimum atomic E-state index is -2.30. The number of fused-ring (bicyclic) bond motifs is 2. The third-order valence-corrected chi connectivity index (χ3v) is 8.52. The van der Waals surface area contributed by atoms with Crippen LogP contribution in [0.3, 0.4) is 0 Å². The van der Waals surface area contributed by atoms with E-state index in [1.165, 1.54) is 15.7 Å². The second-order valence-electron chi connectivity index (χ2n) is 12.4. The van der Waals surface area contributed by atoms with E-state index in [2.05, 4.69) is 83.1 Å². The molecule has 0 spiro atoms. The predicted octanol–water partition coefficient (Wildman–Crippen LogP) is 8.25. The Balaban J connectivity index is 1.38. The van der Waals surface area contributed by atoms with Gasteiger partial charge in [-0.05, 0) is 17.0 Å². The number of hydrogen-bond acceptors (Lipinski definition) is 3. The first-order valence-electron chi connectivity index (χ1n) is 15.1. The van der Waals surface area contributed by atoms with Gasteiger partial charge in [0, 0.05) is 6.20 Å². The summed E-state index contributed by atoms with van der Waals surface area (Å²) in [6.07, 6.45) is 2.88. The Labute approximate surface area is 251 Å². The number of benzene rings is 3. The van der Waals surface area contributed by atoms with Gasteiger partial charge < -0.3 is 0 Å². The molecule has 0 amide bonds. The average Bonchev–Trinajstić information content (AvgIpc) is 3.24. The standard InChI is InChI=1S/C34H36N4O.Pt/c1-33(2,3)25-16-17-35-32(18-25)37-22-34(4,5)21-24-14-15-28(20-31(24)37)39-27-11-9-10-26(19-27)38-23-36(6)29-12-7-8-13-30(29)38;/h7-20H,21-22H2,1-6H3;/i6D3;. The molecule has 208 valence electrons. The molecule has 2 aromatic heterocycles. The number of aryl methyl sites for hydroxylation is 1. The Morgan fingerprint density at radius 1 is 0.925 bits per heavy atom. The van der Waals surface area contributed by atoms with E-state index in [1.54, 1.807) is 0 Å². The summed E-state index contributed by atoms with van der Waals surface area (Å²) in [5, 5.41) is 0. The summed E-state index contributed by atoms with van der Waals surface area (Å²) in [6.45, 7) is 9.81. The molecular formula is C34H36N4OPt. The van der Waals surface area contributed by atoms with Crippen LogP contribution in [-0.4, -0.2) is 20.7 Å². The molecule has 3 aromatic carbocycles. The molecule has 0 unspecified atom stereocenters. The second-order valence-corrected chi connectivity index (χ2v) is 13.4. The number of rotatable bonds is 4. The number of pyridine rings is 1. The second kappa shape index (κ2) is 9.89. The van der Waals surface area contributed by atoms with Crippen molar-refractivity contribution in [1.82, 2.24) is 14.1 Å². The van der Waals surface area contributed by atoms with Crippen molar-refractivity contribution >= 4 is 22.5 Å². The molecule has 0 fully saturated rings. The molecule has 0 N–H and O–H groups in total. The van der Waals surface area contributed by atoms with Gasteiger partial charge in [0.05, 0.1) is 0 Å².